The average molecular weight is 447 g/mol. The van der Waals surface area contributed by atoms with Gasteiger partial charge in [-0.1, -0.05) is 18.2 Å². The Balaban J connectivity index is 3.37. The summed E-state index contributed by atoms with van der Waals surface area (Å²) in [7, 11) is 0. The molecule has 0 fully saturated rings. The van der Waals surface area contributed by atoms with Crippen LogP contribution in [-0.2, 0) is 0 Å². The van der Waals surface area contributed by atoms with Crippen LogP contribution in [0.25, 0.3) is 6.08 Å². The third kappa shape index (κ3) is 3.86. The van der Waals surface area contributed by atoms with Gasteiger partial charge in [-0.25, -0.2) is 0 Å². The second kappa shape index (κ2) is 7.10. The summed E-state index contributed by atoms with van der Waals surface area (Å²) >= 11 is 0. The number of nitriles is 1. The highest BCUT2D eigenvalue weighted by Crippen LogP contribution is 2.60. The maximum atomic E-state index is 13.5. The van der Waals surface area contributed by atoms with E-state index in [4.69, 9.17) is 5.26 Å². The fourth-order valence-electron chi connectivity index (χ4n) is 1.76. The van der Waals surface area contributed by atoms with E-state index in [0.29, 0.717) is 0 Å². The largest absolute Gasteiger partial charge is 0.460 e. The second-order valence-electron chi connectivity index (χ2n) is 5.49. The Hall–Kier alpha value is -2.46. The Morgan fingerprint density at radius 3 is 1.41 bits per heavy atom. The molecule has 0 bridgehead atoms. The van der Waals surface area contributed by atoms with Gasteiger partial charge in [-0.3, -0.25) is 0 Å². The van der Waals surface area contributed by atoms with E-state index in [9.17, 15) is 57.1 Å². The molecule has 0 unspecified atom stereocenters. The SMILES string of the molecule is N#Cc1ccc(/C=C/C(F)(F)C(F)(F)C(F)(F)C(F)(F)C(F)(F)C(F)(F)F)cc1. The zero-order chi connectivity index (χ0) is 23.1. The quantitative estimate of drug-likeness (QED) is 0.469. The normalized spacial score (nSPS) is 14.9. The van der Waals surface area contributed by atoms with Gasteiger partial charge in [-0.2, -0.15) is 62.3 Å². The molecule has 0 aliphatic rings. The number of nitrogens with zero attached hydrogens (tertiary/aromatic N) is 1. The number of allylic oxidation sites excluding steroid dienone is 1. The molecule has 0 radical (unpaired) electrons. The van der Waals surface area contributed by atoms with Crippen LogP contribution in [0.5, 0.6) is 0 Å². The van der Waals surface area contributed by atoms with Crippen molar-refractivity contribution < 1.29 is 57.1 Å². The third-order valence-electron chi connectivity index (χ3n) is 3.48. The lowest BCUT2D eigenvalue weighted by Crippen LogP contribution is -2.69. The minimum absolute atomic E-state index is 0.00874. The molecule has 0 amide bonds. The highest BCUT2D eigenvalue weighted by Gasteiger charge is 2.90. The van der Waals surface area contributed by atoms with E-state index in [1.165, 1.54) is 0 Å². The Morgan fingerprint density at radius 2 is 1.03 bits per heavy atom. The first kappa shape index (κ1) is 24.6. The van der Waals surface area contributed by atoms with Crippen molar-refractivity contribution in [3.63, 3.8) is 0 Å². The van der Waals surface area contributed by atoms with E-state index < -0.39 is 47.4 Å². The van der Waals surface area contributed by atoms with Crippen LogP contribution < -0.4 is 0 Å². The predicted octanol–water partition coefficient (Wildman–Crippen LogP) is 6.31. The lowest BCUT2D eigenvalue weighted by Gasteiger charge is -2.39. The van der Waals surface area contributed by atoms with Crippen molar-refractivity contribution in [1.82, 2.24) is 0 Å². The lowest BCUT2D eigenvalue weighted by atomic mass is 9.93. The monoisotopic (exact) mass is 447 g/mol. The molecule has 0 saturated carbocycles. The highest BCUT2D eigenvalue weighted by atomic mass is 19.4. The first-order valence-electron chi connectivity index (χ1n) is 6.91. The van der Waals surface area contributed by atoms with E-state index >= 15 is 0 Å². The Morgan fingerprint density at radius 1 is 0.621 bits per heavy atom. The first-order valence-corrected chi connectivity index (χ1v) is 6.91. The molecule has 0 N–H and O–H groups in total. The van der Waals surface area contributed by atoms with Crippen molar-refractivity contribution in [2.75, 3.05) is 0 Å². The van der Waals surface area contributed by atoms with Gasteiger partial charge in [-0.05, 0) is 23.8 Å². The molecule has 0 aliphatic carbocycles. The van der Waals surface area contributed by atoms with Crippen LogP contribution in [0.15, 0.2) is 30.3 Å². The van der Waals surface area contributed by atoms with Gasteiger partial charge in [-0.15, -0.1) is 0 Å². The van der Waals surface area contributed by atoms with Crippen LogP contribution in [0.4, 0.5) is 57.1 Å². The molecule has 1 aromatic carbocycles. The number of hydrogen-bond acceptors (Lipinski definition) is 1. The predicted molar refractivity (Wildman–Crippen MR) is 71.0 cm³/mol. The van der Waals surface area contributed by atoms with Gasteiger partial charge in [0.05, 0.1) is 11.6 Å². The molecule has 0 atom stereocenters. The first-order chi connectivity index (χ1) is 12.8. The van der Waals surface area contributed by atoms with Crippen molar-refractivity contribution in [3.8, 4) is 6.07 Å². The summed E-state index contributed by atoms with van der Waals surface area (Å²) in [5, 5.41) is 8.50. The van der Waals surface area contributed by atoms with Crippen LogP contribution in [-0.4, -0.2) is 35.8 Å². The average Bonchev–Trinajstić information content (AvgIpc) is 2.58. The molecular weight excluding hydrogens is 441 g/mol. The van der Waals surface area contributed by atoms with Gasteiger partial charge in [0.25, 0.3) is 0 Å². The smallest absolute Gasteiger partial charge is 0.195 e. The molecule has 1 aromatic rings. The van der Waals surface area contributed by atoms with Crippen LogP contribution in [0.2, 0.25) is 0 Å². The van der Waals surface area contributed by atoms with Gasteiger partial charge >= 0.3 is 35.8 Å². The maximum Gasteiger partial charge on any atom is 0.460 e. The molecule has 0 heterocycles. The van der Waals surface area contributed by atoms with Gasteiger partial charge < -0.3 is 0 Å². The number of rotatable bonds is 6. The molecular formula is C15H6F13N. The van der Waals surface area contributed by atoms with Crippen molar-refractivity contribution in [1.29, 1.82) is 5.26 Å². The van der Waals surface area contributed by atoms with Crippen LogP contribution >= 0.6 is 0 Å². The fraction of sp³-hybridized carbons (Fsp3) is 0.400. The molecule has 0 spiro atoms. The summed E-state index contributed by atoms with van der Waals surface area (Å²) in [6.07, 6.45) is -8.51. The number of alkyl halides is 13. The van der Waals surface area contributed by atoms with Gasteiger partial charge in [0.15, 0.2) is 0 Å². The summed E-state index contributed by atoms with van der Waals surface area (Å²) in [4.78, 5) is 0. The van der Waals surface area contributed by atoms with E-state index in [1.54, 1.807) is 6.07 Å². The van der Waals surface area contributed by atoms with Crippen molar-refractivity contribution in [2.24, 2.45) is 0 Å². The number of benzene rings is 1. The summed E-state index contributed by atoms with van der Waals surface area (Å²) < 4.78 is 168. The zero-order valence-electron chi connectivity index (χ0n) is 13.3. The van der Waals surface area contributed by atoms with Crippen LogP contribution in [0.1, 0.15) is 11.1 Å². The Kier molecular flexibility index (Phi) is 6.02. The summed E-state index contributed by atoms with van der Waals surface area (Å²) in [5.74, 6) is -37.1. The Bertz CT molecular complexity index is 797. The van der Waals surface area contributed by atoms with E-state index in [0.717, 1.165) is 24.3 Å². The van der Waals surface area contributed by atoms with E-state index in [1.807, 2.05) is 0 Å². The standard InChI is InChI=1S/C15H6F13N/c16-10(17,6-5-8-1-3-9(7-29)4-2-8)11(18,19)12(20,21)13(22,23)14(24,25)15(26,27)28/h1-6H/b6-5+. The molecule has 29 heavy (non-hydrogen) atoms. The molecule has 1 rings (SSSR count). The highest BCUT2D eigenvalue weighted by molar-refractivity contribution is 5.52. The molecule has 1 nitrogen and oxygen atoms in total. The number of halogens is 13. The second-order valence-corrected chi connectivity index (χ2v) is 5.49. The molecule has 14 heteroatoms. The van der Waals surface area contributed by atoms with Gasteiger partial charge in [0.2, 0.25) is 0 Å². The van der Waals surface area contributed by atoms with Crippen molar-refractivity contribution >= 4 is 6.08 Å². The summed E-state index contributed by atoms with van der Waals surface area (Å²) in [6.45, 7) is 0. The molecule has 162 valence electrons. The summed E-state index contributed by atoms with van der Waals surface area (Å²) in [6, 6.07) is 5.18. The topological polar surface area (TPSA) is 23.8 Å². The van der Waals surface area contributed by atoms with Crippen molar-refractivity contribution in [3.05, 3.63) is 41.5 Å². The van der Waals surface area contributed by atoms with Crippen molar-refractivity contribution in [2.45, 2.75) is 35.8 Å². The third-order valence-corrected chi connectivity index (χ3v) is 3.48. The zero-order valence-corrected chi connectivity index (χ0v) is 13.3. The fourth-order valence-corrected chi connectivity index (χ4v) is 1.76. The Labute approximate surface area is 153 Å². The van der Waals surface area contributed by atoms with E-state index in [-0.39, 0.29) is 11.6 Å². The lowest BCUT2D eigenvalue weighted by molar-refractivity contribution is -0.436. The van der Waals surface area contributed by atoms with E-state index in [2.05, 4.69) is 0 Å². The molecule has 0 saturated heterocycles. The van der Waals surface area contributed by atoms with Gasteiger partial charge in [0.1, 0.15) is 0 Å². The van der Waals surface area contributed by atoms with Gasteiger partial charge in [0, 0.05) is 0 Å². The maximum absolute atomic E-state index is 13.5. The molecule has 0 aliphatic heterocycles. The minimum atomic E-state index is -7.92. The van der Waals surface area contributed by atoms with Crippen LogP contribution in [0.3, 0.4) is 0 Å². The molecule has 0 aromatic heterocycles. The minimum Gasteiger partial charge on any atom is -0.195 e. The van der Waals surface area contributed by atoms with Crippen LogP contribution in [0, 0.1) is 11.3 Å². The number of hydrogen-bond donors (Lipinski definition) is 0. The summed E-state index contributed by atoms with van der Waals surface area (Å²) in [5.41, 5.74) is -0.477.